The van der Waals surface area contributed by atoms with E-state index >= 15 is 0 Å². The van der Waals surface area contributed by atoms with E-state index in [1.807, 2.05) is 6.07 Å². The van der Waals surface area contributed by atoms with Crippen molar-refractivity contribution in [3.63, 3.8) is 0 Å². The van der Waals surface area contributed by atoms with Crippen LogP contribution < -0.4 is 0 Å². The second-order valence-electron chi connectivity index (χ2n) is 4.12. The largest absolute Gasteiger partial charge is 0.259 e. The molecular formula is C11H10N2. The Kier molecular flexibility index (Phi) is 1.26. The summed E-state index contributed by atoms with van der Waals surface area (Å²) in [7, 11) is 0. The molecule has 0 radical (unpaired) electrons. The lowest BCUT2D eigenvalue weighted by Crippen LogP contribution is -2.31. The van der Waals surface area contributed by atoms with Crippen LogP contribution >= 0.6 is 0 Å². The molecule has 0 aromatic carbocycles. The summed E-state index contributed by atoms with van der Waals surface area (Å²) in [6.07, 6.45) is 5.50. The van der Waals surface area contributed by atoms with Gasteiger partial charge in [0.15, 0.2) is 0 Å². The predicted molar refractivity (Wildman–Crippen MR) is 48.1 cm³/mol. The van der Waals surface area contributed by atoms with Crippen molar-refractivity contribution in [2.45, 2.75) is 25.2 Å². The number of nitrogens with zero attached hydrogens (tertiary/aromatic N) is 2. The number of aromatic nitrogens is 1. The van der Waals surface area contributed by atoms with Crippen LogP contribution in [0.1, 0.15) is 35.6 Å². The van der Waals surface area contributed by atoms with Crippen LogP contribution in [0.5, 0.6) is 0 Å². The lowest BCUT2D eigenvalue weighted by molar-refractivity contribution is 0.232. The maximum Gasteiger partial charge on any atom is 0.101 e. The van der Waals surface area contributed by atoms with Crippen molar-refractivity contribution in [3.8, 4) is 6.07 Å². The van der Waals surface area contributed by atoms with E-state index in [-0.39, 0.29) is 0 Å². The monoisotopic (exact) mass is 170 g/mol. The molecule has 13 heavy (non-hydrogen) atoms. The van der Waals surface area contributed by atoms with E-state index in [1.165, 1.54) is 24.1 Å². The van der Waals surface area contributed by atoms with Gasteiger partial charge in [-0.25, -0.2) is 0 Å². The normalized spacial score (nSPS) is 28.5. The number of pyridine rings is 1. The molecule has 0 atom stereocenters. The van der Waals surface area contributed by atoms with Crippen LogP contribution in [0.3, 0.4) is 0 Å². The molecule has 0 N–H and O–H groups in total. The first kappa shape index (κ1) is 7.08. The molecule has 2 heteroatoms. The zero-order valence-electron chi connectivity index (χ0n) is 7.33. The number of nitriles is 1. The minimum absolute atomic E-state index is 0.708. The molecule has 64 valence electrons. The van der Waals surface area contributed by atoms with Gasteiger partial charge in [0.1, 0.15) is 6.07 Å². The number of rotatable bonds is 0. The van der Waals surface area contributed by atoms with Crippen LogP contribution in [0.4, 0.5) is 0 Å². The smallest absolute Gasteiger partial charge is 0.101 e. The van der Waals surface area contributed by atoms with Gasteiger partial charge in [-0.05, 0) is 36.8 Å². The minimum atomic E-state index is 0.708. The van der Waals surface area contributed by atoms with Crippen molar-refractivity contribution < 1.29 is 0 Å². The zero-order chi connectivity index (χ0) is 8.84. The van der Waals surface area contributed by atoms with Gasteiger partial charge in [-0.2, -0.15) is 5.26 Å². The SMILES string of the molecule is N#Cc1cnc2c(c1)CC1CC2C1. The van der Waals surface area contributed by atoms with Crippen LogP contribution in [0, 0.1) is 17.2 Å². The molecule has 0 spiro atoms. The van der Waals surface area contributed by atoms with Gasteiger partial charge in [0.25, 0.3) is 0 Å². The lowest BCUT2D eigenvalue weighted by atomic mass is 9.64. The molecular weight excluding hydrogens is 160 g/mol. The van der Waals surface area contributed by atoms with E-state index in [9.17, 15) is 0 Å². The fourth-order valence-electron chi connectivity index (χ4n) is 2.55. The van der Waals surface area contributed by atoms with Crippen LogP contribution in [0.15, 0.2) is 12.3 Å². The second kappa shape index (κ2) is 2.32. The van der Waals surface area contributed by atoms with Gasteiger partial charge in [-0.15, -0.1) is 0 Å². The van der Waals surface area contributed by atoms with E-state index in [0.717, 1.165) is 12.3 Å². The Morgan fingerprint density at radius 3 is 3.08 bits per heavy atom. The Balaban J connectivity index is 2.12. The quantitative estimate of drug-likeness (QED) is 0.597. The summed E-state index contributed by atoms with van der Waals surface area (Å²) < 4.78 is 0. The number of hydrogen-bond acceptors (Lipinski definition) is 2. The average Bonchev–Trinajstić information content (AvgIpc) is 2.14. The van der Waals surface area contributed by atoms with Gasteiger partial charge >= 0.3 is 0 Å². The third kappa shape index (κ3) is 0.904. The molecule has 3 aliphatic rings. The molecule has 1 aromatic rings. The van der Waals surface area contributed by atoms with Crippen molar-refractivity contribution in [1.82, 2.24) is 4.98 Å². The standard InChI is InChI=1S/C11H10N2/c12-5-8-4-10-3-7-1-9(2-7)11(10)13-6-8/h4,6-7,9H,1-3H2. The molecule has 0 unspecified atom stereocenters. The highest BCUT2D eigenvalue weighted by atomic mass is 14.7. The van der Waals surface area contributed by atoms with Gasteiger partial charge in [-0.1, -0.05) is 0 Å². The Morgan fingerprint density at radius 1 is 1.46 bits per heavy atom. The highest BCUT2D eigenvalue weighted by Crippen LogP contribution is 2.48. The van der Waals surface area contributed by atoms with Crippen LogP contribution in [0.2, 0.25) is 0 Å². The maximum absolute atomic E-state index is 8.73. The Morgan fingerprint density at radius 2 is 2.31 bits per heavy atom. The van der Waals surface area contributed by atoms with Crippen molar-refractivity contribution in [2.24, 2.45) is 5.92 Å². The Hall–Kier alpha value is -1.36. The van der Waals surface area contributed by atoms with Gasteiger partial charge in [-0.3, -0.25) is 4.98 Å². The van der Waals surface area contributed by atoms with Crippen LogP contribution in [-0.2, 0) is 6.42 Å². The summed E-state index contributed by atoms with van der Waals surface area (Å²) in [6, 6.07) is 4.16. The van der Waals surface area contributed by atoms with E-state index in [4.69, 9.17) is 5.26 Å². The summed E-state index contributed by atoms with van der Waals surface area (Å²) >= 11 is 0. The summed E-state index contributed by atoms with van der Waals surface area (Å²) in [5, 5.41) is 8.73. The van der Waals surface area contributed by atoms with E-state index in [1.54, 1.807) is 6.20 Å². The maximum atomic E-state index is 8.73. The molecule has 1 aromatic heterocycles. The molecule has 0 saturated heterocycles. The van der Waals surface area contributed by atoms with E-state index in [2.05, 4.69) is 11.1 Å². The third-order valence-corrected chi connectivity index (χ3v) is 3.26. The third-order valence-electron chi connectivity index (χ3n) is 3.26. The molecule has 1 saturated carbocycles. The lowest BCUT2D eigenvalue weighted by Gasteiger charge is -2.41. The summed E-state index contributed by atoms with van der Waals surface area (Å²) in [6.45, 7) is 0. The Bertz CT molecular complexity index is 397. The second-order valence-corrected chi connectivity index (χ2v) is 4.12. The van der Waals surface area contributed by atoms with Crippen molar-refractivity contribution >= 4 is 0 Å². The molecule has 4 rings (SSSR count). The average molecular weight is 170 g/mol. The van der Waals surface area contributed by atoms with Crippen LogP contribution in [-0.4, -0.2) is 4.98 Å². The summed E-state index contributed by atoms with van der Waals surface area (Å²) in [4.78, 5) is 4.39. The van der Waals surface area contributed by atoms with Gasteiger partial charge < -0.3 is 0 Å². The first-order valence-corrected chi connectivity index (χ1v) is 4.75. The van der Waals surface area contributed by atoms with Crippen LogP contribution in [0.25, 0.3) is 0 Å². The predicted octanol–water partition coefficient (Wildman–Crippen LogP) is 2.00. The zero-order valence-corrected chi connectivity index (χ0v) is 7.33. The highest BCUT2D eigenvalue weighted by Gasteiger charge is 2.37. The minimum Gasteiger partial charge on any atom is -0.259 e. The topological polar surface area (TPSA) is 36.7 Å². The highest BCUT2D eigenvalue weighted by molar-refractivity contribution is 5.38. The fraction of sp³-hybridized carbons (Fsp3) is 0.455. The van der Waals surface area contributed by atoms with Crippen molar-refractivity contribution in [1.29, 1.82) is 5.26 Å². The van der Waals surface area contributed by atoms with Crippen molar-refractivity contribution in [2.75, 3.05) is 0 Å². The van der Waals surface area contributed by atoms with Gasteiger partial charge in [0, 0.05) is 17.8 Å². The molecule has 0 aliphatic heterocycles. The fourth-order valence-corrected chi connectivity index (χ4v) is 2.55. The van der Waals surface area contributed by atoms with E-state index in [0.29, 0.717) is 11.5 Å². The molecule has 1 heterocycles. The van der Waals surface area contributed by atoms with Gasteiger partial charge in [0.2, 0.25) is 0 Å². The number of hydrogen-bond donors (Lipinski definition) is 0. The van der Waals surface area contributed by atoms with Gasteiger partial charge in [0.05, 0.1) is 5.56 Å². The van der Waals surface area contributed by atoms with E-state index < -0.39 is 0 Å². The molecule has 3 aliphatic carbocycles. The molecule has 1 fully saturated rings. The Labute approximate surface area is 77.2 Å². The first-order chi connectivity index (χ1) is 6.36. The molecule has 2 bridgehead atoms. The van der Waals surface area contributed by atoms with Crippen molar-refractivity contribution in [3.05, 3.63) is 29.1 Å². The first-order valence-electron chi connectivity index (χ1n) is 4.75. The summed E-state index contributed by atoms with van der Waals surface area (Å²) in [5.74, 6) is 1.59. The molecule has 2 nitrogen and oxygen atoms in total. The summed E-state index contributed by atoms with van der Waals surface area (Å²) in [5.41, 5.74) is 3.30. The molecule has 0 amide bonds.